The lowest BCUT2D eigenvalue weighted by atomic mass is 10.00. The zero-order chi connectivity index (χ0) is 17.2. The van der Waals surface area contributed by atoms with Crippen molar-refractivity contribution < 1.29 is 19.1 Å². The van der Waals surface area contributed by atoms with Gasteiger partial charge in [-0.3, -0.25) is 15.0 Å². The lowest BCUT2D eigenvalue weighted by molar-refractivity contribution is -0.139. The Kier molecular flexibility index (Phi) is 5.30. The molecule has 1 aliphatic heterocycles. The number of carbonyl (C=O) groups excluding carboxylic acids is 3. The van der Waals surface area contributed by atoms with E-state index in [-0.39, 0.29) is 6.61 Å². The molecule has 1 saturated heterocycles. The van der Waals surface area contributed by atoms with Gasteiger partial charge in [0, 0.05) is 4.47 Å². The maximum Gasteiger partial charge on any atom is 0.344 e. The minimum Gasteiger partial charge on any atom is -0.483 e. The zero-order valence-electron chi connectivity index (χ0n) is 12.5. The Labute approximate surface area is 150 Å². The molecule has 7 nitrogen and oxygen atoms in total. The van der Waals surface area contributed by atoms with Crippen LogP contribution in [-0.4, -0.2) is 35.0 Å². The third-order valence-corrected chi connectivity index (χ3v) is 4.57. The molecule has 0 bridgehead atoms. The van der Waals surface area contributed by atoms with Crippen molar-refractivity contribution in [2.24, 2.45) is 0 Å². The van der Waals surface area contributed by atoms with Crippen LogP contribution < -0.4 is 15.5 Å². The van der Waals surface area contributed by atoms with Crippen LogP contribution in [0.3, 0.4) is 0 Å². The van der Waals surface area contributed by atoms with Gasteiger partial charge in [0.1, 0.15) is 11.3 Å². The van der Waals surface area contributed by atoms with E-state index in [4.69, 9.17) is 4.74 Å². The lowest BCUT2D eigenvalue weighted by Gasteiger charge is -2.19. The number of urea groups is 1. The summed E-state index contributed by atoms with van der Waals surface area (Å²) in [4.78, 5) is 35.8. The van der Waals surface area contributed by atoms with Crippen molar-refractivity contribution in [2.45, 2.75) is 25.8 Å². The molecule has 0 radical (unpaired) electrons. The van der Waals surface area contributed by atoms with Crippen LogP contribution in [0.15, 0.2) is 27.1 Å². The van der Waals surface area contributed by atoms with Crippen molar-refractivity contribution in [1.82, 2.24) is 15.8 Å². The average Bonchev–Trinajstić information content (AvgIpc) is 2.70. The fourth-order valence-electron chi connectivity index (χ4n) is 1.92. The Morgan fingerprint density at radius 2 is 2.09 bits per heavy atom. The second-order valence-electron chi connectivity index (χ2n) is 5.15. The molecule has 1 aliphatic rings. The number of nitrogens with one attached hydrogen (secondary N) is 2. The highest BCUT2D eigenvalue weighted by Gasteiger charge is 2.47. The first kappa shape index (κ1) is 17.7. The Hall–Kier alpha value is -1.61. The largest absolute Gasteiger partial charge is 0.483 e. The second-order valence-corrected chi connectivity index (χ2v) is 6.92. The number of imide groups is 1. The number of ether oxygens (including phenoxy) is 1. The SMILES string of the molecule is CC[C@@]1(C)NC(=O)N(NC(=O)COc2ccc(Br)cc2Br)C1=O. The van der Waals surface area contributed by atoms with Crippen molar-refractivity contribution in [3.63, 3.8) is 0 Å². The normalized spacial score (nSPS) is 20.4. The van der Waals surface area contributed by atoms with E-state index in [0.717, 1.165) is 4.47 Å². The Balaban J connectivity index is 1.95. The maximum atomic E-state index is 12.1. The summed E-state index contributed by atoms with van der Waals surface area (Å²) >= 11 is 6.63. The molecule has 0 aliphatic carbocycles. The quantitative estimate of drug-likeness (QED) is 0.676. The van der Waals surface area contributed by atoms with Crippen molar-refractivity contribution in [1.29, 1.82) is 0 Å². The highest BCUT2D eigenvalue weighted by Crippen LogP contribution is 2.28. The van der Waals surface area contributed by atoms with Crippen LogP contribution in [0.4, 0.5) is 4.79 Å². The van der Waals surface area contributed by atoms with Gasteiger partial charge in [0.25, 0.3) is 11.8 Å². The predicted octanol–water partition coefficient (Wildman–Crippen LogP) is 2.34. The summed E-state index contributed by atoms with van der Waals surface area (Å²) < 4.78 is 6.90. The van der Waals surface area contributed by atoms with Crippen molar-refractivity contribution in [3.8, 4) is 5.75 Å². The molecule has 23 heavy (non-hydrogen) atoms. The standard InChI is InChI=1S/C14H15Br2N3O4/c1-3-14(2)12(21)19(13(22)17-14)18-11(20)7-23-10-5-4-8(15)6-9(10)16/h4-6H,3,7H2,1-2H3,(H,17,22)(H,18,20)/t14-/m1/s1. The van der Waals surface area contributed by atoms with E-state index >= 15 is 0 Å². The number of hydrogen-bond acceptors (Lipinski definition) is 4. The van der Waals surface area contributed by atoms with E-state index in [1.807, 2.05) is 0 Å². The van der Waals surface area contributed by atoms with E-state index in [0.29, 0.717) is 21.7 Å². The van der Waals surface area contributed by atoms with Gasteiger partial charge in [-0.1, -0.05) is 22.9 Å². The van der Waals surface area contributed by atoms with Gasteiger partial charge in [-0.05, 0) is 47.5 Å². The molecule has 1 fully saturated rings. The molecule has 0 unspecified atom stereocenters. The van der Waals surface area contributed by atoms with Gasteiger partial charge >= 0.3 is 6.03 Å². The fourth-order valence-corrected chi connectivity index (χ4v) is 3.08. The zero-order valence-corrected chi connectivity index (χ0v) is 15.7. The summed E-state index contributed by atoms with van der Waals surface area (Å²) in [5.74, 6) is -0.634. The maximum absolute atomic E-state index is 12.1. The number of nitrogens with zero attached hydrogens (tertiary/aromatic N) is 1. The van der Waals surface area contributed by atoms with Crippen molar-refractivity contribution >= 4 is 49.7 Å². The first-order valence-electron chi connectivity index (χ1n) is 6.81. The Morgan fingerprint density at radius 1 is 1.39 bits per heavy atom. The molecule has 0 aromatic heterocycles. The number of benzene rings is 1. The lowest BCUT2D eigenvalue weighted by Crippen LogP contribution is -2.49. The second kappa shape index (κ2) is 6.88. The summed E-state index contributed by atoms with van der Waals surface area (Å²) in [6.45, 7) is 3.05. The van der Waals surface area contributed by atoms with Crippen molar-refractivity contribution in [2.75, 3.05) is 6.61 Å². The molecule has 1 aromatic carbocycles. The van der Waals surface area contributed by atoms with Gasteiger partial charge in [-0.2, -0.15) is 5.01 Å². The molecule has 2 rings (SSSR count). The number of hydrogen-bond donors (Lipinski definition) is 2. The summed E-state index contributed by atoms with van der Waals surface area (Å²) in [6, 6.07) is 4.57. The predicted molar refractivity (Wildman–Crippen MR) is 89.6 cm³/mol. The number of rotatable bonds is 5. The summed E-state index contributed by atoms with van der Waals surface area (Å²) in [5, 5.41) is 3.23. The fraction of sp³-hybridized carbons (Fsp3) is 0.357. The van der Waals surface area contributed by atoms with Crippen LogP contribution in [0, 0.1) is 0 Å². The number of amides is 4. The van der Waals surface area contributed by atoms with E-state index in [1.54, 1.807) is 32.0 Å². The molecule has 2 N–H and O–H groups in total. The topological polar surface area (TPSA) is 87.7 Å². The molecule has 9 heteroatoms. The van der Waals surface area contributed by atoms with Crippen molar-refractivity contribution in [3.05, 3.63) is 27.1 Å². The highest BCUT2D eigenvalue weighted by molar-refractivity contribution is 9.11. The average molecular weight is 449 g/mol. The number of hydrazine groups is 1. The molecule has 1 aromatic rings. The number of halogens is 2. The van der Waals surface area contributed by atoms with Gasteiger partial charge in [-0.25, -0.2) is 4.79 Å². The van der Waals surface area contributed by atoms with Gasteiger partial charge in [0.2, 0.25) is 0 Å². The number of carbonyl (C=O) groups is 3. The first-order chi connectivity index (χ1) is 10.8. The minimum absolute atomic E-state index is 0.333. The van der Waals surface area contributed by atoms with Crippen LogP contribution in [0.25, 0.3) is 0 Å². The van der Waals surface area contributed by atoms with E-state index in [9.17, 15) is 14.4 Å². The molecular weight excluding hydrogens is 434 g/mol. The molecule has 0 saturated carbocycles. The van der Waals surface area contributed by atoms with Gasteiger partial charge in [-0.15, -0.1) is 0 Å². The van der Waals surface area contributed by atoms with Crippen LogP contribution in [0.1, 0.15) is 20.3 Å². The monoisotopic (exact) mass is 447 g/mol. The molecule has 1 heterocycles. The van der Waals surface area contributed by atoms with Crippen LogP contribution in [0.5, 0.6) is 5.75 Å². The first-order valence-corrected chi connectivity index (χ1v) is 8.39. The Bertz CT molecular complexity index is 667. The summed E-state index contributed by atoms with van der Waals surface area (Å²) in [7, 11) is 0. The van der Waals surface area contributed by atoms with Gasteiger partial charge in [0.05, 0.1) is 4.47 Å². The molecule has 124 valence electrons. The van der Waals surface area contributed by atoms with E-state index in [1.165, 1.54) is 0 Å². The van der Waals surface area contributed by atoms with Gasteiger partial charge < -0.3 is 10.1 Å². The van der Waals surface area contributed by atoms with Crippen LogP contribution in [0.2, 0.25) is 0 Å². The third kappa shape index (κ3) is 3.84. The minimum atomic E-state index is -1.00. The highest BCUT2D eigenvalue weighted by atomic mass is 79.9. The van der Waals surface area contributed by atoms with E-state index < -0.39 is 23.4 Å². The van der Waals surface area contributed by atoms with Crippen LogP contribution in [-0.2, 0) is 9.59 Å². The molecule has 4 amide bonds. The smallest absolute Gasteiger partial charge is 0.344 e. The molecule has 0 spiro atoms. The van der Waals surface area contributed by atoms with Crippen LogP contribution >= 0.6 is 31.9 Å². The van der Waals surface area contributed by atoms with E-state index in [2.05, 4.69) is 42.6 Å². The summed E-state index contributed by atoms with van der Waals surface area (Å²) in [6.07, 6.45) is 0.423. The molecular formula is C14H15Br2N3O4. The van der Waals surface area contributed by atoms with Gasteiger partial charge in [0.15, 0.2) is 6.61 Å². The molecule has 1 atom stereocenters. The summed E-state index contributed by atoms with van der Waals surface area (Å²) in [5.41, 5.74) is 1.25. The Morgan fingerprint density at radius 3 is 2.65 bits per heavy atom. The third-order valence-electron chi connectivity index (χ3n) is 3.46.